The second-order valence-corrected chi connectivity index (χ2v) is 5.84. The molecule has 1 aromatic heterocycles. The molecule has 1 N–H and O–H groups in total. The number of rotatable bonds is 8. The third-order valence-electron chi connectivity index (χ3n) is 4.04. The van der Waals surface area contributed by atoms with Crippen molar-refractivity contribution in [3.05, 3.63) is 54.1 Å². The van der Waals surface area contributed by atoms with Gasteiger partial charge in [0.1, 0.15) is 6.61 Å². The van der Waals surface area contributed by atoms with Crippen molar-refractivity contribution in [2.45, 2.75) is 26.0 Å². The van der Waals surface area contributed by atoms with Crippen LogP contribution >= 0.6 is 0 Å². The van der Waals surface area contributed by atoms with E-state index in [-0.39, 0.29) is 0 Å². The van der Waals surface area contributed by atoms with E-state index < -0.39 is 12.0 Å². The summed E-state index contributed by atoms with van der Waals surface area (Å²) in [6, 6.07) is 14.3. The Morgan fingerprint density at radius 1 is 1.19 bits per heavy atom. The Morgan fingerprint density at radius 3 is 2.63 bits per heavy atom. The lowest BCUT2D eigenvalue weighted by Crippen LogP contribution is -2.20. The molecule has 140 valence electrons. The molecule has 1 atom stereocenters. The first kappa shape index (κ1) is 18.4. The van der Waals surface area contributed by atoms with Crippen LogP contribution in [0.4, 0.5) is 0 Å². The first-order chi connectivity index (χ1) is 13.1. The van der Waals surface area contributed by atoms with Gasteiger partial charge in [-0.2, -0.15) is 0 Å². The molecule has 1 heterocycles. The Bertz CT molecular complexity index is 911. The molecule has 0 fully saturated rings. The van der Waals surface area contributed by atoms with Crippen LogP contribution in [0.2, 0.25) is 0 Å². The summed E-state index contributed by atoms with van der Waals surface area (Å²) in [7, 11) is 1.55. The predicted molar refractivity (Wildman–Crippen MR) is 97.5 cm³/mol. The minimum Gasteiger partial charge on any atom is -0.493 e. The van der Waals surface area contributed by atoms with Crippen LogP contribution in [0.5, 0.6) is 11.5 Å². The van der Waals surface area contributed by atoms with Crippen LogP contribution in [0.25, 0.3) is 11.4 Å². The molecule has 27 heavy (non-hydrogen) atoms. The lowest BCUT2D eigenvalue weighted by Gasteiger charge is -2.11. The van der Waals surface area contributed by atoms with Gasteiger partial charge in [-0.15, -0.1) is 15.0 Å². The second-order valence-electron chi connectivity index (χ2n) is 5.84. The van der Waals surface area contributed by atoms with Gasteiger partial charge < -0.3 is 14.6 Å². The van der Waals surface area contributed by atoms with Crippen LogP contribution < -0.4 is 9.47 Å². The van der Waals surface area contributed by atoms with Crippen LogP contribution in [-0.2, 0) is 11.4 Å². The van der Waals surface area contributed by atoms with Crippen LogP contribution in [0.1, 0.15) is 24.9 Å². The summed E-state index contributed by atoms with van der Waals surface area (Å²) in [6.45, 7) is 2.17. The average molecular weight is 368 g/mol. The number of carboxylic acids is 1. The lowest BCUT2D eigenvalue weighted by atomic mass is 10.2. The topological polar surface area (TPSA) is 99.4 Å². The van der Waals surface area contributed by atoms with Gasteiger partial charge in [0.05, 0.1) is 7.11 Å². The zero-order chi connectivity index (χ0) is 19.2. The minimum atomic E-state index is -0.997. The Labute approximate surface area is 156 Å². The van der Waals surface area contributed by atoms with Gasteiger partial charge in [-0.1, -0.05) is 37.3 Å². The SMILES string of the molecule is CC[C@H](C(=O)O)n1nnc(-c2ccc(OCc3ccccc3)c(OC)c2)n1. The molecule has 0 bridgehead atoms. The molecule has 8 heteroatoms. The number of aromatic nitrogens is 4. The van der Waals surface area contributed by atoms with Gasteiger partial charge in [-0.3, -0.25) is 0 Å². The molecule has 0 spiro atoms. The number of nitrogens with zero attached hydrogens (tertiary/aromatic N) is 4. The van der Waals surface area contributed by atoms with Gasteiger partial charge in [-0.25, -0.2) is 4.79 Å². The fraction of sp³-hybridized carbons (Fsp3) is 0.263. The number of hydrogen-bond donors (Lipinski definition) is 1. The van der Waals surface area contributed by atoms with Crippen molar-refractivity contribution in [1.82, 2.24) is 20.2 Å². The first-order valence-electron chi connectivity index (χ1n) is 8.49. The van der Waals surface area contributed by atoms with Gasteiger partial charge in [0.25, 0.3) is 0 Å². The summed E-state index contributed by atoms with van der Waals surface area (Å²) >= 11 is 0. The summed E-state index contributed by atoms with van der Waals surface area (Å²) < 4.78 is 11.2. The van der Waals surface area contributed by atoms with E-state index in [9.17, 15) is 9.90 Å². The van der Waals surface area contributed by atoms with E-state index in [0.717, 1.165) is 10.4 Å². The third kappa shape index (κ3) is 4.22. The molecule has 0 amide bonds. The van der Waals surface area contributed by atoms with Crippen LogP contribution in [0.3, 0.4) is 0 Å². The minimum absolute atomic E-state index is 0.322. The largest absolute Gasteiger partial charge is 0.493 e. The molecule has 0 aliphatic heterocycles. The van der Waals surface area contributed by atoms with Crippen molar-refractivity contribution in [3.63, 3.8) is 0 Å². The van der Waals surface area contributed by atoms with E-state index in [1.807, 2.05) is 30.3 Å². The summed E-state index contributed by atoms with van der Waals surface area (Å²) in [5.74, 6) is 0.450. The van der Waals surface area contributed by atoms with Crippen molar-refractivity contribution < 1.29 is 19.4 Å². The van der Waals surface area contributed by atoms with Crippen molar-refractivity contribution in [2.75, 3.05) is 7.11 Å². The molecule has 0 aliphatic carbocycles. The smallest absolute Gasteiger partial charge is 0.330 e. The first-order valence-corrected chi connectivity index (χ1v) is 8.49. The highest BCUT2D eigenvalue weighted by Gasteiger charge is 2.21. The Morgan fingerprint density at radius 2 is 1.96 bits per heavy atom. The van der Waals surface area contributed by atoms with Crippen molar-refractivity contribution in [1.29, 1.82) is 0 Å². The fourth-order valence-electron chi connectivity index (χ4n) is 2.57. The van der Waals surface area contributed by atoms with Crippen molar-refractivity contribution in [3.8, 4) is 22.9 Å². The number of methoxy groups -OCH3 is 1. The number of carbonyl (C=O) groups is 1. The summed E-state index contributed by atoms with van der Waals surface area (Å²) in [5.41, 5.74) is 1.71. The van der Waals surface area contributed by atoms with E-state index in [0.29, 0.717) is 35.9 Å². The summed E-state index contributed by atoms with van der Waals surface area (Å²) in [4.78, 5) is 12.4. The molecular formula is C19H20N4O4. The second kappa shape index (κ2) is 8.31. The van der Waals surface area contributed by atoms with E-state index in [4.69, 9.17) is 9.47 Å². The molecule has 0 saturated carbocycles. The Balaban J connectivity index is 1.80. The monoisotopic (exact) mass is 368 g/mol. The molecule has 3 aromatic rings. The van der Waals surface area contributed by atoms with Gasteiger partial charge in [0, 0.05) is 5.56 Å². The zero-order valence-corrected chi connectivity index (χ0v) is 15.1. The number of tetrazole rings is 1. The van der Waals surface area contributed by atoms with E-state index >= 15 is 0 Å². The molecular weight excluding hydrogens is 348 g/mol. The zero-order valence-electron chi connectivity index (χ0n) is 15.1. The average Bonchev–Trinajstić information content (AvgIpc) is 3.17. The van der Waals surface area contributed by atoms with Crippen LogP contribution in [0.15, 0.2) is 48.5 Å². The normalized spacial score (nSPS) is 11.8. The van der Waals surface area contributed by atoms with Crippen LogP contribution in [0, 0.1) is 0 Å². The maximum Gasteiger partial charge on any atom is 0.330 e. The molecule has 3 rings (SSSR count). The van der Waals surface area contributed by atoms with E-state index in [1.54, 1.807) is 32.2 Å². The van der Waals surface area contributed by atoms with Gasteiger partial charge in [-0.05, 0) is 35.4 Å². The number of benzene rings is 2. The van der Waals surface area contributed by atoms with Crippen LogP contribution in [-0.4, -0.2) is 38.4 Å². The maximum atomic E-state index is 11.2. The molecule has 0 unspecified atom stereocenters. The summed E-state index contributed by atoms with van der Waals surface area (Å²) in [5, 5.41) is 21.2. The number of hydrogen-bond acceptors (Lipinski definition) is 6. The van der Waals surface area contributed by atoms with E-state index in [2.05, 4.69) is 15.4 Å². The highest BCUT2D eigenvalue weighted by Crippen LogP contribution is 2.32. The molecule has 0 radical (unpaired) electrons. The third-order valence-corrected chi connectivity index (χ3v) is 4.04. The van der Waals surface area contributed by atoms with Crippen molar-refractivity contribution in [2.24, 2.45) is 0 Å². The predicted octanol–water partition coefficient (Wildman–Crippen LogP) is 2.96. The molecule has 0 aliphatic rings. The fourth-order valence-corrected chi connectivity index (χ4v) is 2.57. The van der Waals surface area contributed by atoms with E-state index in [1.165, 1.54) is 0 Å². The number of ether oxygens (including phenoxy) is 2. The van der Waals surface area contributed by atoms with Gasteiger partial charge >= 0.3 is 5.97 Å². The summed E-state index contributed by atoms with van der Waals surface area (Å²) in [6.07, 6.45) is 0.362. The standard InChI is InChI=1S/C19H20N4O4/c1-3-15(19(24)25)23-21-18(20-22-23)14-9-10-16(17(11-14)26-2)27-12-13-7-5-4-6-8-13/h4-11,15H,3,12H2,1-2H3,(H,24,25)/t15-/m1/s1. The highest BCUT2D eigenvalue weighted by atomic mass is 16.5. The molecule has 0 saturated heterocycles. The molecule has 8 nitrogen and oxygen atoms in total. The van der Waals surface area contributed by atoms with Crippen molar-refractivity contribution >= 4 is 5.97 Å². The highest BCUT2D eigenvalue weighted by molar-refractivity contribution is 5.71. The Kier molecular flexibility index (Phi) is 5.65. The maximum absolute atomic E-state index is 11.2. The lowest BCUT2D eigenvalue weighted by molar-refractivity contribution is -0.141. The number of carboxylic acid groups (broad SMARTS) is 1. The van der Waals surface area contributed by atoms with Gasteiger partial charge in [0.15, 0.2) is 17.5 Å². The molecule has 2 aromatic carbocycles. The number of aliphatic carboxylic acids is 1. The Hall–Kier alpha value is -3.42. The van der Waals surface area contributed by atoms with Gasteiger partial charge in [0.2, 0.25) is 5.82 Å². The quantitative estimate of drug-likeness (QED) is 0.652.